The van der Waals surface area contributed by atoms with Crippen LogP contribution in [-0.2, 0) is 17.1 Å². The van der Waals surface area contributed by atoms with Gasteiger partial charge < -0.3 is 9.88 Å². The number of carbonyl (C=O) groups is 1. The summed E-state index contributed by atoms with van der Waals surface area (Å²) < 4.78 is 28.8. The summed E-state index contributed by atoms with van der Waals surface area (Å²) in [5, 5.41) is 2.81. The van der Waals surface area contributed by atoms with E-state index in [1.165, 1.54) is 16.6 Å². The first kappa shape index (κ1) is 18.7. The number of aromatic nitrogens is 1. The second-order valence-corrected chi connectivity index (χ2v) is 9.02. The van der Waals surface area contributed by atoms with Gasteiger partial charge in [0.05, 0.1) is 0 Å². The molecule has 1 saturated heterocycles. The Morgan fingerprint density at radius 1 is 1.15 bits per heavy atom. The lowest BCUT2D eigenvalue weighted by atomic mass is 10.0. The lowest BCUT2D eigenvalue weighted by Crippen LogP contribution is -2.37. The van der Waals surface area contributed by atoms with Crippen LogP contribution < -0.4 is 5.32 Å². The van der Waals surface area contributed by atoms with Gasteiger partial charge in [0.25, 0.3) is 5.91 Å². The molecule has 0 spiro atoms. The molecular formula is C19H25N3O3S. The van der Waals surface area contributed by atoms with Crippen LogP contribution in [0, 0.1) is 12.8 Å². The first-order chi connectivity index (χ1) is 12.3. The van der Waals surface area contributed by atoms with Crippen LogP contribution in [-0.4, -0.2) is 36.3 Å². The van der Waals surface area contributed by atoms with E-state index in [9.17, 15) is 13.2 Å². The van der Waals surface area contributed by atoms with Crippen LogP contribution in [0.1, 0.15) is 35.8 Å². The molecule has 0 radical (unpaired) electrons. The molecule has 1 N–H and O–H groups in total. The highest BCUT2D eigenvalue weighted by Gasteiger charge is 2.30. The van der Waals surface area contributed by atoms with Crippen molar-refractivity contribution in [2.45, 2.75) is 31.6 Å². The van der Waals surface area contributed by atoms with Gasteiger partial charge in [-0.15, -0.1) is 0 Å². The van der Waals surface area contributed by atoms with Crippen LogP contribution >= 0.6 is 0 Å². The Bertz CT molecular complexity index is 893. The third-order valence-electron chi connectivity index (χ3n) is 4.90. The topological polar surface area (TPSA) is 71.4 Å². The maximum absolute atomic E-state index is 12.9. The fourth-order valence-electron chi connectivity index (χ4n) is 3.11. The van der Waals surface area contributed by atoms with E-state index >= 15 is 0 Å². The Morgan fingerprint density at radius 2 is 1.77 bits per heavy atom. The molecule has 26 heavy (non-hydrogen) atoms. The molecule has 1 fully saturated rings. The van der Waals surface area contributed by atoms with Crippen molar-refractivity contribution >= 4 is 21.6 Å². The predicted octanol–water partition coefficient (Wildman–Crippen LogP) is 3.01. The molecule has 1 amide bonds. The van der Waals surface area contributed by atoms with E-state index in [4.69, 9.17) is 0 Å². The molecule has 0 saturated carbocycles. The van der Waals surface area contributed by atoms with Crippen molar-refractivity contribution in [3.05, 3.63) is 47.8 Å². The zero-order chi connectivity index (χ0) is 18.9. The standard InChI is InChI=1S/C19H25N3O3S/c1-14-4-6-16(7-5-14)20-19(23)18-12-17(13-21(18)3)26(24,25)22-10-8-15(2)9-11-22/h4-7,12-13,15H,8-11H2,1-3H3,(H,20,23). The third-order valence-corrected chi connectivity index (χ3v) is 6.77. The third kappa shape index (κ3) is 3.83. The molecule has 2 heterocycles. The number of carbonyl (C=O) groups excluding carboxylic acids is 1. The zero-order valence-corrected chi connectivity index (χ0v) is 16.2. The minimum Gasteiger partial charge on any atom is -0.345 e. The van der Waals surface area contributed by atoms with E-state index in [0.717, 1.165) is 18.4 Å². The first-order valence-corrected chi connectivity index (χ1v) is 10.3. The summed E-state index contributed by atoms with van der Waals surface area (Å²) in [5.74, 6) is 0.221. The van der Waals surface area contributed by atoms with E-state index in [1.807, 2.05) is 31.2 Å². The van der Waals surface area contributed by atoms with Crippen molar-refractivity contribution < 1.29 is 13.2 Å². The number of nitrogens with one attached hydrogen (secondary N) is 1. The van der Waals surface area contributed by atoms with Crippen LogP contribution in [0.3, 0.4) is 0 Å². The van der Waals surface area contributed by atoms with Gasteiger partial charge in [-0.3, -0.25) is 4.79 Å². The van der Waals surface area contributed by atoms with Gasteiger partial charge in [0, 0.05) is 32.0 Å². The van der Waals surface area contributed by atoms with Crippen LogP contribution in [0.15, 0.2) is 41.4 Å². The second-order valence-electron chi connectivity index (χ2n) is 7.08. The summed E-state index contributed by atoms with van der Waals surface area (Å²) in [7, 11) is -1.88. The molecule has 1 aliphatic heterocycles. The van der Waals surface area contributed by atoms with Gasteiger partial charge >= 0.3 is 0 Å². The van der Waals surface area contributed by atoms with E-state index in [0.29, 0.717) is 30.4 Å². The normalized spacial score (nSPS) is 16.6. The Balaban J connectivity index is 1.79. The molecule has 1 aromatic heterocycles. The zero-order valence-electron chi connectivity index (χ0n) is 15.4. The van der Waals surface area contributed by atoms with Gasteiger partial charge in [0.2, 0.25) is 10.0 Å². The monoisotopic (exact) mass is 375 g/mol. The number of benzene rings is 1. The summed E-state index contributed by atoms with van der Waals surface area (Å²) in [5.41, 5.74) is 2.09. The number of nitrogens with zero attached hydrogens (tertiary/aromatic N) is 2. The molecular weight excluding hydrogens is 350 g/mol. The molecule has 6 nitrogen and oxygen atoms in total. The van der Waals surface area contributed by atoms with E-state index in [1.54, 1.807) is 11.6 Å². The number of anilines is 1. The number of amides is 1. The smallest absolute Gasteiger partial charge is 0.272 e. The molecule has 0 bridgehead atoms. The molecule has 7 heteroatoms. The maximum Gasteiger partial charge on any atom is 0.272 e. The highest BCUT2D eigenvalue weighted by Crippen LogP contribution is 2.25. The number of aryl methyl sites for hydroxylation is 2. The minimum absolute atomic E-state index is 0.170. The van der Waals surface area contributed by atoms with Crippen molar-refractivity contribution in [2.24, 2.45) is 13.0 Å². The largest absolute Gasteiger partial charge is 0.345 e. The highest BCUT2D eigenvalue weighted by molar-refractivity contribution is 7.89. The summed E-state index contributed by atoms with van der Waals surface area (Å²) in [6.07, 6.45) is 3.25. The van der Waals surface area contributed by atoms with Crippen molar-refractivity contribution in [3.63, 3.8) is 0 Å². The SMILES string of the molecule is Cc1ccc(NC(=O)c2cc(S(=O)(=O)N3CCC(C)CC3)cn2C)cc1. The molecule has 1 aromatic carbocycles. The Morgan fingerprint density at radius 3 is 2.38 bits per heavy atom. The van der Waals surface area contributed by atoms with Crippen LogP contribution in [0.2, 0.25) is 0 Å². The molecule has 0 aliphatic carbocycles. The van der Waals surface area contributed by atoms with E-state index in [-0.39, 0.29) is 10.8 Å². The molecule has 1 aliphatic rings. The Hall–Kier alpha value is -2.12. The van der Waals surface area contributed by atoms with Gasteiger partial charge in [-0.2, -0.15) is 4.31 Å². The van der Waals surface area contributed by atoms with Crippen molar-refractivity contribution in [1.29, 1.82) is 0 Å². The molecule has 0 unspecified atom stereocenters. The second kappa shape index (κ2) is 7.25. The van der Waals surface area contributed by atoms with Crippen LogP contribution in [0.25, 0.3) is 0 Å². The molecule has 2 aromatic rings. The van der Waals surface area contributed by atoms with Crippen molar-refractivity contribution in [3.8, 4) is 0 Å². The fourth-order valence-corrected chi connectivity index (χ4v) is 4.65. The predicted molar refractivity (Wildman–Crippen MR) is 102 cm³/mol. The van der Waals surface area contributed by atoms with Crippen molar-refractivity contribution in [2.75, 3.05) is 18.4 Å². The van der Waals surface area contributed by atoms with Crippen LogP contribution in [0.4, 0.5) is 5.69 Å². The highest BCUT2D eigenvalue weighted by atomic mass is 32.2. The van der Waals surface area contributed by atoms with Crippen LogP contribution in [0.5, 0.6) is 0 Å². The summed E-state index contributed by atoms with van der Waals surface area (Å²) in [6, 6.07) is 8.92. The Kier molecular flexibility index (Phi) is 5.20. The van der Waals surface area contributed by atoms with Gasteiger partial charge in [-0.05, 0) is 43.9 Å². The lowest BCUT2D eigenvalue weighted by molar-refractivity contribution is 0.101. The number of hydrogen-bond acceptors (Lipinski definition) is 3. The Labute approximate surface area is 154 Å². The average molecular weight is 375 g/mol. The average Bonchev–Trinajstić information content (AvgIpc) is 3.00. The summed E-state index contributed by atoms with van der Waals surface area (Å²) >= 11 is 0. The van der Waals surface area contributed by atoms with E-state index in [2.05, 4.69) is 12.2 Å². The maximum atomic E-state index is 12.9. The fraction of sp³-hybridized carbons (Fsp3) is 0.421. The lowest BCUT2D eigenvalue weighted by Gasteiger charge is -2.29. The van der Waals surface area contributed by atoms with Crippen molar-refractivity contribution in [1.82, 2.24) is 8.87 Å². The van der Waals surface area contributed by atoms with E-state index < -0.39 is 10.0 Å². The quantitative estimate of drug-likeness (QED) is 0.893. The summed E-state index contributed by atoms with van der Waals surface area (Å²) in [4.78, 5) is 12.7. The van der Waals surface area contributed by atoms with Gasteiger partial charge in [-0.1, -0.05) is 24.6 Å². The summed E-state index contributed by atoms with van der Waals surface area (Å²) in [6.45, 7) is 5.17. The first-order valence-electron chi connectivity index (χ1n) is 8.82. The molecule has 0 atom stereocenters. The van der Waals surface area contributed by atoms with Gasteiger partial charge in [0.15, 0.2) is 0 Å². The number of rotatable bonds is 4. The van der Waals surface area contributed by atoms with Gasteiger partial charge in [0.1, 0.15) is 10.6 Å². The number of hydrogen-bond donors (Lipinski definition) is 1. The number of piperidine rings is 1. The molecule has 140 valence electrons. The molecule has 3 rings (SSSR count). The minimum atomic E-state index is -3.57. The van der Waals surface area contributed by atoms with Gasteiger partial charge in [-0.25, -0.2) is 8.42 Å². The number of sulfonamides is 1.